The van der Waals surface area contributed by atoms with Crippen molar-refractivity contribution in [3.05, 3.63) is 66.3 Å². The summed E-state index contributed by atoms with van der Waals surface area (Å²) in [4.78, 5) is 0. The van der Waals surface area contributed by atoms with E-state index in [1.807, 2.05) is 26.0 Å². The highest BCUT2D eigenvalue weighted by Gasteiger charge is 2.05. The molecule has 0 heteroatoms. The van der Waals surface area contributed by atoms with Gasteiger partial charge in [-0.1, -0.05) is 61.7 Å². The minimum Gasteiger partial charge on any atom is -0.0985 e. The van der Waals surface area contributed by atoms with Crippen molar-refractivity contribution >= 4 is 17.7 Å². The average Bonchev–Trinajstić information content (AvgIpc) is 2.29. The molecule has 0 fully saturated rings. The SMILES string of the molecule is C=CC(=C)c1c(/C=C\C)cccc1/C=C\C. The molecule has 0 aliphatic heterocycles. The Bertz CT molecular complexity index is 415. The average molecular weight is 210 g/mol. The smallest absolute Gasteiger partial charge is 0.00453 e. The van der Waals surface area contributed by atoms with Crippen molar-refractivity contribution in [1.29, 1.82) is 0 Å². The molecule has 0 bridgehead atoms. The summed E-state index contributed by atoms with van der Waals surface area (Å²) in [6.45, 7) is 11.9. The van der Waals surface area contributed by atoms with Gasteiger partial charge in [0, 0.05) is 0 Å². The number of hydrogen-bond donors (Lipinski definition) is 0. The topological polar surface area (TPSA) is 0 Å². The van der Waals surface area contributed by atoms with Gasteiger partial charge in [-0.25, -0.2) is 0 Å². The van der Waals surface area contributed by atoms with E-state index in [1.54, 1.807) is 6.08 Å². The zero-order chi connectivity index (χ0) is 12.0. The molecular weight excluding hydrogens is 192 g/mol. The van der Waals surface area contributed by atoms with E-state index in [4.69, 9.17) is 0 Å². The minimum atomic E-state index is 0.960. The molecular formula is C16H18. The lowest BCUT2D eigenvalue weighted by Crippen LogP contribution is -1.90. The van der Waals surface area contributed by atoms with Gasteiger partial charge in [-0.3, -0.25) is 0 Å². The van der Waals surface area contributed by atoms with E-state index < -0.39 is 0 Å². The second-order valence-corrected chi connectivity index (χ2v) is 3.54. The second kappa shape index (κ2) is 5.92. The fourth-order valence-corrected chi connectivity index (χ4v) is 1.70. The highest BCUT2D eigenvalue weighted by Crippen LogP contribution is 2.25. The molecule has 0 saturated heterocycles. The van der Waals surface area contributed by atoms with Crippen molar-refractivity contribution in [2.24, 2.45) is 0 Å². The standard InChI is InChI=1S/C16H18/c1-5-9-14-11-8-12-15(10-6-2)16(14)13(4)7-3/h5-12H,3-4H2,1-2H3/b9-5-,10-6-. The molecule has 0 amide bonds. The van der Waals surface area contributed by atoms with Gasteiger partial charge in [-0.2, -0.15) is 0 Å². The molecule has 0 aliphatic rings. The lowest BCUT2D eigenvalue weighted by atomic mass is 9.94. The van der Waals surface area contributed by atoms with E-state index in [0.717, 1.165) is 11.1 Å². The zero-order valence-corrected chi connectivity index (χ0v) is 10.0. The molecule has 1 aromatic rings. The Hall–Kier alpha value is -1.82. The van der Waals surface area contributed by atoms with Crippen molar-refractivity contribution in [3.8, 4) is 0 Å². The number of benzene rings is 1. The van der Waals surface area contributed by atoms with E-state index in [9.17, 15) is 0 Å². The molecule has 82 valence electrons. The van der Waals surface area contributed by atoms with Crippen LogP contribution in [0, 0.1) is 0 Å². The third-order valence-corrected chi connectivity index (χ3v) is 2.39. The first-order valence-electron chi connectivity index (χ1n) is 5.44. The first kappa shape index (κ1) is 12.3. The molecule has 0 spiro atoms. The van der Waals surface area contributed by atoms with Crippen LogP contribution >= 0.6 is 0 Å². The zero-order valence-electron chi connectivity index (χ0n) is 10.0. The fourth-order valence-electron chi connectivity index (χ4n) is 1.70. The van der Waals surface area contributed by atoms with Gasteiger partial charge in [0.15, 0.2) is 0 Å². The van der Waals surface area contributed by atoms with Gasteiger partial charge in [-0.05, 0) is 36.1 Å². The molecule has 1 rings (SSSR count). The molecule has 1 aromatic carbocycles. The lowest BCUT2D eigenvalue weighted by Gasteiger charge is -2.10. The van der Waals surface area contributed by atoms with Crippen LogP contribution in [-0.2, 0) is 0 Å². The third-order valence-electron chi connectivity index (χ3n) is 2.39. The molecule has 0 aliphatic carbocycles. The van der Waals surface area contributed by atoms with E-state index in [2.05, 4.69) is 43.5 Å². The predicted molar refractivity (Wildman–Crippen MR) is 75.1 cm³/mol. The Balaban J connectivity index is 3.45. The second-order valence-electron chi connectivity index (χ2n) is 3.54. The van der Waals surface area contributed by atoms with Crippen LogP contribution in [0.3, 0.4) is 0 Å². The predicted octanol–water partition coefficient (Wildman–Crippen LogP) is 4.95. The van der Waals surface area contributed by atoms with Crippen LogP contribution in [0.5, 0.6) is 0 Å². The molecule has 0 nitrogen and oxygen atoms in total. The molecule has 0 aromatic heterocycles. The van der Waals surface area contributed by atoms with Crippen molar-refractivity contribution in [2.75, 3.05) is 0 Å². The number of allylic oxidation sites excluding steroid dienone is 4. The van der Waals surface area contributed by atoms with Crippen molar-refractivity contribution < 1.29 is 0 Å². The van der Waals surface area contributed by atoms with Crippen LogP contribution in [0.15, 0.2) is 49.6 Å². The van der Waals surface area contributed by atoms with E-state index in [-0.39, 0.29) is 0 Å². The molecule has 0 unspecified atom stereocenters. The van der Waals surface area contributed by atoms with Crippen LogP contribution in [-0.4, -0.2) is 0 Å². The molecule has 0 radical (unpaired) electrons. The molecule has 0 N–H and O–H groups in total. The Morgan fingerprint density at radius 1 is 1.06 bits per heavy atom. The fraction of sp³-hybridized carbons (Fsp3) is 0.125. The summed E-state index contributed by atoms with van der Waals surface area (Å²) in [7, 11) is 0. The quantitative estimate of drug-likeness (QED) is 0.617. The van der Waals surface area contributed by atoms with E-state index in [0.29, 0.717) is 0 Å². The lowest BCUT2D eigenvalue weighted by molar-refractivity contribution is 1.54. The number of hydrogen-bond acceptors (Lipinski definition) is 0. The van der Waals surface area contributed by atoms with Crippen LogP contribution in [0.1, 0.15) is 30.5 Å². The third kappa shape index (κ3) is 2.60. The van der Waals surface area contributed by atoms with Crippen LogP contribution in [0.2, 0.25) is 0 Å². The molecule has 16 heavy (non-hydrogen) atoms. The van der Waals surface area contributed by atoms with E-state index in [1.165, 1.54) is 11.1 Å². The highest BCUT2D eigenvalue weighted by molar-refractivity contribution is 5.84. The first-order chi connectivity index (χ1) is 7.74. The Morgan fingerprint density at radius 2 is 1.56 bits per heavy atom. The van der Waals surface area contributed by atoms with Gasteiger partial charge in [0.05, 0.1) is 0 Å². The Morgan fingerprint density at radius 3 is 1.94 bits per heavy atom. The summed E-state index contributed by atoms with van der Waals surface area (Å²) in [5, 5.41) is 0. The monoisotopic (exact) mass is 210 g/mol. The van der Waals surface area contributed by atoms with Crippen molar-refractivity contribution in [1.82, 2.24) is 0 Å². The van der Waals surface area contributed by atoms with Crippen LogP contribution < -0.4 is 0 Å². The maximum Gasteiger partial charge on any atom is -0.00453 e. The Labute approximate surface area is 98.3 Å². The van der Waals surface area contributed by atoms with Gasteiger partial charge >= 0.3 is 0 Å². The largest absolute Gasteiger partial charge is 0.0985 e. The summed E-state index contributed by atoms with van der Waals surface area (Å²) < 4.78 is 0. The molecule has 0 saturated carbocycles. The minimum absolute atomic E-state index is 0.960. The summed E-state index contributed by atoms with van der Waals surface area (Å²) >= 11 is 0. The Kier molecular flexibility index (Phi) is 4.53. The normalized spacial score (nSPS) is 11.1. The summed E-state index contributed by atoms with van der Waals surface area (Å²) in [5.74, 6) is 0. The van der Waals surface area contributed by atoms with Crippen LogP contribution in [0.25, 0.3) is 17.7 Å². The van der Waals surface area contributed by atoms with Gasteiger partial charge in [-0.15, -0.1) is 0 Å². The maximum atomic E-state index is 4.04. The molecule has 0 atom stereocenters. The van der Waals surface area contributed by atoms with Crippen molar-refractivity contribution in [2.45, 2.75) is 13.8 Å². The summed E-state index contributed by atoms with van der Waals surface area (Å²) in [6, 6.07) is 6.25. The van der Waals surface area contributed by atoms with Gasteiger partial charge < -0.3 is 0 Å². The number of rotatable bonds is 4. The van der Waals surface area contributed by atoms with Gasteiger partial charge in [0.1, 0.15) is 0 Å². The summed E-state index contributed by atoms with van der Waals surface area (Å²) in [5.41, 5.74) is 4.49. The van der Waals surface area contributed by atoms with Crippen molar-refractivity contribution in [3.63, 3.8) is 0 Å². The van der Waals surface area contributed by atoms with Crippen LogP contribution in [0.4, 0.5) is 0 Å². The van der Waals surface area contributed by atoms with Gasteiger partial charge in [0.25, 0.3) is 0 Å². The maximum absolute atomic E-state index is 4.04. The summed E-state index contributed by atoms with van der Waals surface area (Å²) in [6.07, 6.45) is 10.1. The molecule has 0 heterocycles. The van der Waals surface area contributed by atoms with Gasteiger partial charge in [0.2, 0.25) is 0 Å². The van der Waals surface area contributed by atoms with E-state index >= 15 is 0 Å². The highest BCUT2D eigenvalue weighted by atomic mass is 14.1. The first-order valence-corrected chi connectivity index (χ1v) is 5.44.